The van der Waals surface area contributed by atoms with Crippen LogP contribution < -0.4 is 5.32 Å². The summed E-state index contributed by atoms with van der Waals surface area (Å²) < 4.78 is 0.537. The lowest BCUT2D eigenvalue weighted by Crippen LogP contribution is -2.31. The van der Waals surface area contributed by atoms with Crippen LogP contribution in [0.2, 0.25) is 0 Å². The molecule has 1 aromatic rings. The first-order chi connectivity index (χ1) is 8.41. The van der Waals surface area contributed by atoms with Crippen molar-refractivity contribution in [3.8, 4) is 0 Å². The Bertz CT molecular complexity index is 463. The van der Waals surface area contributed by atoms with Gasteiger partial charge in [0, 0.05) is 29.7 Å². The van der Waals surface area contributed by atoms with Gasteiger partial charge in [-0.15, -0.1) is 0 Å². The van der Waals surface area contributed by atoms with E-state index in [-0.39, 0.29) is 17.2 Å². The van der Waals surface area contributed by atoms with E-state index in [0.29, 0.717) is 17.6 Å². The summed E-state index contributed by atoms with van der Waals surface area (Å²) >= 11 is 3.21. The molecule has 0 heterocycles. The summed E-state index contributed by atoms with van der Waals surface area (Å²) in [6.07, 6.45) is 0. The molecule has 0 fully saturated rings. The number of benzene rings is 1. The summed E-state index contributed by atoms with van der Waals surface area (Å²) in [4.78, 5) is 23.9. The van der Waals surface area contributed by atoms with Gasteiger partial charge in [0.15, 0.2) is 0 Å². The summed E-state index contributed by atoms with van der Waals surface area (Å²) in [6.45, 7) is 1.19. The van der Waals surface area contributed by atoms with Crippen molar-refractivity contribution in [1.29, 1.82) is 0 Å². The van der Waals surface area contributed by atoms with Gasteiger partial charge in [-0.3, -0.25) is 14.9 Å². The summed E-state index contributed by atoms with van der Waals surface area (Å²) in [5.74, 6) is -0.326. The third-order valence-electron chi connectivity index (χ3n) is 2.25. The van der Waals surface area contributed by atoms with Crippen LogP contribution in [-0.2, 0) is 0 Å². The van der Waals surface area contributed by atoms with Gasteiger partial charge >= 0.3 is 0 Å². The Balaban J connectivity index is 2.78. The maximum absolute atomic E-state index is 11.8. The fourth-order valence-corrected chi connectivity index (χ4v) is 1.72. The molecule has 1 rings (SSSR count). The third kappa shape index (κ3) is 4.08. The standard InChI is InChI=1S/C11H14BrN3O3/c1-14(2)6-5-13-11(16)9-7-8(15(17)18)3-4-10(9)12/h3-4,7H,5-6H2,1-2H3,(H,13,16). The molecular weight excluding hydrogens is 302 g/mol. The van der Waals surface area contributed by atoms with Crippen LogP contribution >= 0.6 is 15.9 Å². The number of hydrogen-bond donors (Lipinski definition) is 1. The topological polar surface area (TPSA) is 75.5 Å². The minimum atomic E-state index is -0.525. The average molecular weight is 316 g/mol. The van der Waals surface area contributed by atoms with E-state index >= 15 is 0 Å². The zero-order valence-corrected chi connectivity index (χ0v) is 11.7. The highest BCUT2D eigenvalue weighted by Gasteiger charge is 2.15. The van der Waals surface area contributed by atoms with Gasteiger partial charge in [0.1, 0.15) is 0 Å². The second-order valence-electron chi connectivity index (χ2n) is 3.98. The monoisotopic (exact) mass is 315 g/mol. The summed E-state index contributed by atoms with van der Waals surface area (Å²) in [5.41, 5.74) is 0.166. The van der Waals surface area contributed by atoms with Gasteiger partial charge in [0.2, 0.25) is 0 Å². The van der Waals surface area contributed by atoms with Crippen molar-refractivity contribution < 1.29 is 9.72 Å². The first kappa shape index (κ1) is 14.6. The fraction of sp³-hybridized carbons (Fsp3) is 0.364. The molecule has 0 radical (unpaired) electrons. The van der Waals surface area contributed by atoms with Crippen molar-refractivity contribution in [3.63, 3.8) is 0 Å². The van der Waals surface area contributed by atoms with Crippen LogP contribution in [0.15, 0.2) is 22.7 Å². The Morgan fingerprint density at radius 2 is 2.17 bits per heavy atom. The van der Waals surface area contributed by atoms with Crippen LogP contribution in [0.3, 0.4) is 0 Å². The first-order valence-electron chi connectivity index (χ1n) is 5.28. The smallest absolute Gasteiger partial charge is 0.270 e. The van der Waals surface area contributed by atoms with Crippen molar-refractivity contribution in [2.24, 2.45) is 0 Å². The first-order valence-corrected chi connectivity index (χ1v) is 6.08. The molecule has 0 spiro atoms. The molecule has 7 heteroatoms. The number of non-ortho nitro benzene ring substituents is 1. The molecule has 6 nitrogen and oxygen atoms in total. The number of amides is 1. The second-order valence-corrected chi connectivity index (χ2v) is 4.83. The predicted molar refractivity (Wildman–Crippen MR) is 71.7 cm³/mol. The molecule has 1 aromatic carbocycles. The molecule has 0 atom stereocenters. The van der Waals surface area contributed by atoms with Crippen LogP contribution in [0, 0.1) is 10.1 Å². The molecule has 0 aliphatic rings. The maximum Gasteiger partial charge on any atom is 0.270 e. The highest BCUT2D eigenvalue weighted by molar-refractivity contribution is 9.10. The van der Waals surface area contributed by atoms with E-state index in [4.69, 9.17) is 0 Å². The van der Waals surface area contributed by atoms with E-state index in [2.05, 4.69) is 21.2 Å². The molecule has 1 N–H and O–H groups in total. The summed E-state index contributed by atoms with van der Waals surface area (Å²) in [7, 11) is 3.80. The molecule has 0 saturated heterocycles. The predicted octanol–water partition coefficient (Wildman–Crippen LogP) is 1.65. The van der Waals surface area contributed by atoms with E-state index in [9.17, 15) is 14.9 Å². The molecular formula is C11H14BrN3O3. The molecule has 0 aliphatic heterocycles. The molecule has 0 saturated carbocycles. The van der Waals surface area contributed by atoms with Gasteiger partial charge in [-0.1, -0.05) is 0 Å². The maximum atomic E-state index is 11.8. The highest BCUT2D eigenvalue weighted by Crippen LogP contribution is 2.22. The summed E-state index contributed by atoms with van der Waals surface area (Å²) in [6, 6.07) is 4.11. The minimum Gasteiger partial charge on any atom is -0.351 e. The van der Waals surface area contributed by atoms with E-state index in [1.54, 1.807) is 0 Å². The van der Waals surface area contributed by atoms with Crippen LogP contribution in [0.1, 0.15) is 10.4 Å². The zero-order chi connectivity index (χ0) is 13.7. The number of halogens is 1. The largest absolute Gasteiger partial charge is 0.351 e. The zero-order valence-electron chi connectivity index (χ0n) is 10.1. The lowest BCUT2D eigenvalue weighted by molar-refractivity contribution is -0.384. The Morgan fingerprint density at radius 1 is 1.50 bits per heavy atom. The molecule has 0 bridgehead atoms. The van der Waals surface area contributed by atoms with Crippen LogP contribution in [0.4, 0.5) is 5.69 Å². The van der Waals surface area contributed by atoms with Crippen LogP contribution in [0.5, 0.6) is 0 Å². The minimum absolute atomic E-state index is 0.101. The van der Waals surface area contributed by atoms with Gasteiger partial charge in [-0.05, 0) is 36.1 Å². The van der Waals surface area contributed by atoms with Crippen molar-refractivity contribution >= 4 is 27.5 Å². The molecule has 0 aliphatic carbocycles. The Kier molecular flexibility index (Phi) is 5.24. The van der Waals surface area contributed by atoms with Crippen molar-refractivity contribution in [2.75, 3.05) is 27.2 Å². The van der Waals surface area contributed by atoms with E-state index in [1.807, 2.05) is 19.0 Å². The van der Waals surface area contributed by atoms with Gasteiger partial charge in [-0.25, -0.2) is 0 Å². The van der Waals surface area contributed by atoms with Gasteiger partial charge in [-0.2, -0.15) is 0 Å². The number of rotatable bonds is 5. The molecule has 0 unspecified atom stereocenters. The number of nitro benzene ring substituents is 1. The quantitative estimate of drug-likeness (QED) is 0.662. The number of likely N-dealkylation sites (N-methyl/N-ethyl adjacent to an activating group) is 1. The normalized spacial score (nSPS) is 10.4. The molecule has 1 amide bonds. The van der Waals surface area contributed by atoms with Crippen molar-refractivity contribution in [1.82, 2.24) is 10.2 Å². The fourth-order valence-electron chi connectivity index (χ4n) is 1.29. The SMILES string of the molecule is CN(C)CCNC(=O)c1cc([N+](=O)[O-])ccc1Br. The molecule has 98 valence electrons. The number of nitro groups is 1. The molecule has 18 heavy (non-hydrogen) atoms. The van der Waals surface area contributed by atoms with Crippen LogP contribution in [-0.4, -0.2) is 42.9 Å². The average Bonchev–Trinajstić information content (AvgIpc) is 2.28. The van der Waals surface area contributed by atoms with E-state index in [0.717, 1.165) is 0 Å². The van der Waals surface area contributed by atoms with Gasteiger partial charge < -0.3 is 10.2 Å². The second kappa shape index (κ2) is 6.46. The van der Waals surface area contributed by atoms with E-state index < -0.39 is 4.92 Å². The van der Waals surface area contributed by atoms with E-state index in [1.165, 1.54) is 18.2 Å². The lowest BCUT2D eigenvalue weighted by atomic mass is 10.2. The van der Waals surface area contributed by atoms with Crippen LogP contribution in [0.25, 0.3) is 0 Å². The number of nitrogens with zero attached hydrogens (tertiary/aromatic N) is 2. The third-order valence-corrected chi connectivity index (χ3v) is 2.94. The summed E-state index contributed by atoms with van der Waals surface area (Å²) in [5, 5.41) is 13.3. The van der Waals surface area contributed by atoms with Gasteiger partial charge in [0.25, 0.3) is 11.6 Å². The Labute approximate surface area is 113 Å². The number of carbonyl (C=O) groups is 1. The Morgan fingerprint density at radius 3 is 2.72 bits per heavy atom. The highest BCUT2D eigenvalue weighted by atomic mass is 79.9. The van der Waals surface area contributed by atoms with Crippen molar-refractivity contribution in [2.45, 2.75) is 0 Å². The van der Waals surface area contributed by atoms with Gasteiger partial charge in [0.05, 0.1) is 10.5 Å². The molecule has 0 aromatic heterocycles. The Hall–Kier alpha value is -1.47. The number of hydrogen-bond acceptors (Lipinski definition) is 4. The van der Waals surface area contributed by atoms with Crippen molar-refractivity contribution in [3.05, 3.63) is 38.3 Å². The number of carbonyl (C=O) groups excluding carboxylic acids is 1. The number of nitrogens with one attached hydrogen (secondary N) is 1. The lowest BCUT2D eigenvalue weighted by Gasteiger charge is -2.11.